The van der Waals surface area contributed by atoms with Gasteiger partial charge in [0.15, 0.2) is 12.4 Å². The van der Waals surface area contributed by atoms with E-state index in [0.717, 1.165) is 5.56 Å². The lowest BCUT2D eigenvalue weighted by molar-refractivity contribution is -0.144. The van der Waals surface area contributed by atoms with Gasteiger partial charge in [-0.25, -0.2) is 0 Å². The van der Waals surface area contributed by atoms with Crippen molar-refractivity contribution in [2.75, 3.05) is 17.7 Å². The molecule has 2 rings (SSSR count). The Balaban J connectivity index is 1.69. The predicted octanol–water partition coefficient (Wildman–Crippen LogP) is 3.96. The van der Waals surface area contributed by atoms with Gasteiger partial charge in [-0.05, 0) is 42.8 Å². The normalized spacial score (nSPS) is 10.2. The van der Waals surface area contributed by atoms with Crippen LogP contribution in [-0.4, -0.2) is 30.0 Å². The lowest BCUT2D eigenvalue weighted by Crippen LogP contribution is -2.21. The molecule has 0 heterocycles. The highest BCUT2D eigenvalue weighted by Crippen LogP contribution is 2.20. The molecule has 0 aliphatic rings. The van der Waals surface area contributed by atoms with Crippen molar-refractivity contribution in [3.8, 4) is 0 Å². The molecule has 0 unspecified atom stereocenters. The molecule has 0 bridgehead atoms. The predicted molar refractivity (Wildman–Crippen MR) is 104 cm³/mol. The zero-order chi connectivity index (χ0) is 18.9. The number of rotatable bonds is 8. The van der Waals surface area contributed by atoms with Crippen LogP contribution >= 0.6 is 23.4 Å². The van der Waals surface area contributed by atoms with Crippen molar-refractivity contribution in [1.82, 2.24) is 0 Å². The first-order valence-electron chi connectivity index (χ1n) is 7.83. The molecule has 1 N–H and O–H groups in total. The molecular formula is C19H18ClNO4S. The second-order valence-electron chi connectivity index (χ2n) is 5.43. The molecule has 5 nitrogen and oxygen atoms in total. The average Bonchev–Trinajstić information content (AvgIpc) is 2.62. The largest absolute Gasteiger partial charge is 0.455 e. The lowest BCUT2D eigenvalue weighted by atomic mass is 10.1. The summed E-state index contributed by atoms with van der Waals surface area (Å²) >= 11 is 7.41. The van der Waals surface area contributed by atoms with Gasteiger partial charge < -0.3 is 10.1 Å². The number of thioether (sulfide) groups is 1. The highest BCUT2D eigenvalue weighted by molar-refractivity contribution is 7.99. The topological polar surface area (TPSA) is 72.5 Å². The Morgan fingerprint density at radius 1 is 1.08 bits per heavy atom. The van der Waals surface area contributed by atoms with Gasteiger partial charge in [-0.2, -0.15) is 0 Å². The van der Waals surface area contributed by atoms with E-state index >= 15 is 0 Å². The molecule has 0 saturated carbocycles. The number of benzene rings is 2. The number of carbonyl (C=O) groups is 3. The second kappa shape index (κ2) is 9.99. The van der Waals surface area contributed by atoms with E-state index in [1.807, 2.05) is 18.2 Å². The van der Waals surface area contributed by atoms with Gasteiger partial charge in [0, 0.05) is 22.0 Å². The van der Waals surface area contributed by atoms with Gasteiger partial charge in [0.1, 0.15) is 0 Å². The van der Waals surface area contributed by atoms with Crippen molar-refractivity contribution in [1.29, 1.82) is 0 Å². The Bertz CT molecular complexity index is 792. The molecule has 1 amide bonds. The van der Waals surface area contributed by atoms with Crippen molar-refractivity contribution in [2.24, 2.45) is 0 Å². The van der Waals surface area contributed by atoms with Crippen molar-refractivity contribution in [3.05, 3.63) is 64.7 Å². The molecule has 0 aliphatic heterocycles. The second-order valence-corrected chi connectivity index (χ2v) is 6.82. The van der Waals surface area contributed by atoms with Crippen LogP contribution < -0.4 is 5.32 Å². The monoisotopic (exact) mass is 391 g/mol. The summed E-state index contributed by atoms with van der Waals surface area (Å²) in [7, 11) is 0. The maximum absolute atomic E-state index is 11.8. The van der Waals surface area contributed by atoms with Gasteiger partial charge in [0.25, 0.3) is 5.91 Å². The smallest absolute Gasteiger partial charge is 0.316 e. The van der Waals surface area contributed by atoms with E-state index in [2.05, 4.69) is 5.32 Å². The van der Waals surface area contributed by atoms with Gasteiger partial charge in [0.05, 0.1) is 5.75 Å². The number of carbonyl (C=O) groups excluding carboxylic acids is 3. The summed E-state index contributed by atoms with van der Waals surface area (Å²) in [4.78, 5) is 34.7. The quantitative estimate of drug-likeness (QED) is 0.544. The number of halogens is 1. The van der Waals surface area contributed by atoms with Crippen LogP contribution in [0.4, 0.5) is 5.69 Å². The van der Waals surface area contributed by atoms with E-state index in [9.17, 15) is 14.4 Å². The fourth-order valence-electron chi connectivity index (χ4n) is 2.03. The van der Waals surface area contributed by atoms with Crippen LogP contribution in [0.5, 0.6) is 0 Å². The third-order valence-corrected chi connectivity index (χ3v) is 4.70. The highest BCUT2D eigenvalue weighted by atomic mass is 35.5. The Hall–Kier alpha value is -2.31. The number of Topliss-reactive ketones (excluding diaryl/α,β-unsaturated/α-hetero) is 1. The molecule has 0 atom stereocenters. The third-order valence-electron chi connectivity index (χ3n) is 3.37. The number of ether oxygens (including phenoxy) is 1. The molecule has 26 heavy (non-hydrogen) atoms. The zero-order valence-corrected chi connectivity index (χ0v) is 15.7. The van der Waals surface area contributed by atoms with Crippen molar-refractivity contribution < 1.29 is 19.1 Å². The number of anilines is 1. The first kappa shape index (κ1) is 20.0. The fraction of sp³-hybridized carbons (Fsp3) is 0.211. The fourth-order valence-corrected chi connectivity index (χ4v) is 3.14. The van der Waals surface area contributed by atoms with E-state index in [1.165, 1.54) is 18.7 Å². The zero-order valence-electron chi connectivity index (χ0n) is 14.2. The molecular weight excluding hydrogens is 374 g/mol. The van der Waals surface area contributed by atoms with Crippen molar-refractivity contribution in [2.45, 2.75) is 12.7 Å². The van der Waals surface area contributed by atoms with Crippen LogP contribution in [-0.2, 0) is 20.1 Å². The lowest BCUT2D eigenvalue weighted by Gasteiger charge is -2.07. The number of hydrogen-bond donors (Lipinski definition) is 1. The number of amides is 1. The summed E-state index contributed by atoms with van der Waals surface area (Å²) in [5, 5.41) is 3.26. The molecule has 136 valence electrons. The number of ketones is 1. The molecule has 2 aromatic carbocycles. The number of esters is 1. The standard InChI is InChI=1S/C19H18ClNO4S/c1-13(22)14-6-8-16(9-7-14)21-18(23)10-25-19(24)12-26-11-15-4-2-3-5-17(15)20/h2-9H,10-12H2,1H3,(H,21,23). The molecule has 0 aromatic heterocycles. The molecule has 0 fully saturated rings. The maximum Gasteiger partial charge on any atom is 0.316 e. The van der Waals surface area contributed by atoms with Crippen molar-refractivity contribution >= 4 is 46.7 Å². The molecule has 7 heteroatoms. The Morgan fingerprint density at radius 3 is 2.42 bits per heavy atom. The SMILES string of the molecule is CC(=O)c1ccc(NC(=O)COC(=O)CSCc2ccccc2Cl)cc1. The minimum atomic E-state index is -0.468. The van der Waals surface area contributed by atoms with Gasteiger partial charge in [-0.3, -0.25) is 14.4 Å². The summed E-state index contributed by atoms with van der Waals surface area (Å²) in [6.07, 6.45) is 0. The van der Waals surface area contributed by atoms with Gasteiger partial charge in [0.2, 0.25) is 0 Å². The van der Waals surface area contributed by atoms with Crippen LogP contribution in [0.2, 0.25) is 5.02 Å². The number of hydrogen-bond acceptors (Lipinski definition) is 5. The first-order chi connectivity index (χ1) is 12.5. The van der Waals surface area contributed by atoms with Crippen LogP contribution in [0.25, 0.3) is 0 Å². The van der Waals surface area contributed by atoms with Crippen LogP contribution in [0, 0.1) is 0 Å². The molecule has 2 aromatic rings. The Kier molecular flexibility index (Phi) is 7.69. The molecule has 0 aliphatic carbocycles. The minimum absolute atomic E-state index is 0.0499. The minimum Gasteiger partial charge on any atom is -0.455 e. The summed E-state index contributed by atoms with van der Waals surface area (Å²) in [5.74, 6) is -0.241. The summed E-state index contributed by atoms with van der Waals surface area (Å²) < 4.78 is 4.95. The Labute approximate surface area is 161 Å². The highest BCUT2D eigenvalue weighted by Gasteiger charge is 2.09. The van der Waals surface area contributed by atoms with Crippen LogP contribution in [0.1, 0.15) is 22.8 Å². The summed E-state index contributed by atoms with van der Waals surface area (Å²) in [5.41, 5.74) is 2.04. The Morgan fingerprint density at radius 2 is 1.77 bits per heavy atom. The molecule has 0 radical (unpaired) electrons. The first-order valence-corrected chi connectivity index (χ1v) is 9.36. The van der Waals surface area contributed by atoms with Gasteiger partial charge in [-0.1, -0.05) is 29.8 Å². The van der Waals surface area contributed by atoms with E-state index in [-0.39, 0.29) is 18.1 Å². The van der Waals surface area contributed by atoms with E-state index in [0.29, 0.717) is 22.0 Å². The van der Waals surface area contributed by atoms with E-state index in [4.69, 9.17) is 16.3 Å². The van der Waals surface area contributed by atoms with E-state index < -0.39 is 11.9 Å². The molecule has 0 spiro atoms. The third kappa shape index (κ3) is 6.54. The van der Waals surface area contributed by atoms with Crippen LogP contribution in [0.3, 0.4) is 0 Å². The molecule has 0 saturated heterocycles. The van der Waals surface area contributed by atoms with Gasteiger partial charge >= 0.3 is 5.97 Å². The average molecular weight is 392 g/mol. The number of nitrogens with one attached hydrogen (secondary N) is 1. The van der Waals surface area contributed by atoms with E-state index in [1.54, 1.807) is 30.3 Å². The van der Waals surface area contributed by atoms with Gasteiger partial charge in [-0.15, -0.1) is 11.8 Å². The summed E-state index contributed by atoms with van der Waals surface area (Å²) in [6.45, 7) is 1.11. The summed E-state index contributed by atoms with van der Waals surface area (Å²) in [6, 6.07) is 13.9. The van der Waals surface area contributed by atoms with Crippen LogP contribution in [0.15, 0.2) is 48.5 Å². The van der Waals surface area contributed by atoms with Crippen molar-refractivity contribution in [3.63, 3.8) is 0 Å². The maximum atomic E-state index is 11.8.